The van der Waals surface area contributed by atoms with Gasteiger partial charge in [0.2, 0.25) is 6.79 Å². The summed E-state index contributed by atoms with van der Waals surface area (Å²) in [7, 11) is 0. The molecule has 5 heteroatoms. The number of ether oxygens (including phenoxy) is 2. The molecule has 22 heavy (non-hydrogen) atoms. The minimum atomic E-state index is 0.0118. The molecular weight excluding hydrogens is 280 g/mol. The number of nitrogens with zero attached hydrogens (tertiary/aromatic N) is 1. The van der Waals surface area contributed by atoms with Gasteiger partial charge in [-0.15, -0.1) is 0 Å². The molecule has 1 aromatic carbocycles. The highest BCUT2D eigenvalue weighted by molar-refractivity contribution is 5.92. The van der Waals surface area contributed by atoms with Crippen LogP contribution in [0.15, 0.2) is 18.2 Å². The summed E-state index contributed by atoms with van der Waals surface area (Å²) >= 11 is 0. The summed E-state index contributed by atoms with van der Waals surface area (Å²) in [5.74, 6) is 3.73. The molecule has 1 N–H and O–H groups in total. The van der Waals surface area contributed by atoms with Crippen LogP contribution in [0.25, 0.3) is 0 Å². The molecular formula is C17H20N2O3. The van der Waals surface area contributed by atoms with E-state index >= 15 is 0 Å². The number of hydrogen-bond donors (Lipinski definition) is 1. The Morgan fingerprint density at radius 1 is 1.14 bits per heavy atom. The number of fused-ring (bicyclic) bond motifs is 1. The Balaban J connectivity index is 1.32. The summed E-state index contributed by atoms with van der Waals surface area (Å²) in [6.07, 6.45) is 5.30. The van der Waals surface area contributed by atoms with Gasteiger partial charge in [0.15, 0.2) is 11.5 Å². The average molecular weight is 300 g/mol. The number of rotatable bonds is 3. The predicted octanol–water partition coefficient (Wildman–Crippen LogP) is 3.07. The number of urea groups is 1. The third kappa shape index (κ3) is 1.95. The molecule has 0 aromatic heterocycles. The number of carbonyl (C=O) groups excluding carboxylic acids is 1. The SMILES string of the molecule is O=C(Nc1cccc2c1OCO2)N1CC(C2CC2)C1C1CC1. The predicted molar refractivity (Wildman–Crippen MR) is 81.0 cm³/mol. The molecule has 2 atom stereocenters. The second kappa shape index (κ2) is 4.54. The largest absolute Gasteiger partial charge is 0.454 e. The molecule has 0 radical (unpaired) electrons. The minimum Gasteiger partial charge on any atom is -0.454 e. The van der Waals surface area contributed by atoms with Crippen molar-refractivity contribution in [3.05, 3.63) is 18.2 Å². The van der Waals surface area contributed by atoms with Crippen molar-refractivity contribution in [2.45, 2.75) is 31.7 Å². The quantitative estimate of drug-likeness (QED) is 0.933. The molecule has 116 valence electrons. The first-order chi connectivity index (χ1) is 10.8. The van der Waals surface area contributed by atoms with Crippen LogP contribution in [0.4, 0.5) is 10.5 Å². The summed E-state index contributed by atoms with van der Waals surface area (Å²) in [6, 6.07) is 6.09. The Bertz CT molecular complexity index is 624. The summed E-state index contributed by atoms with van der Waals surface area (Å²) in [5, 5.41) is 3.02. The first-order valence-corrected chi connectivity index (χ1v) is 8.27. The summed E-state index contributed by atoms with van der Waals surface area (Å²) in [5.41, 5.74) is 0.712. The van der Waals surface area contributed by atoms with E-state index in [0.717, 1.165) is 24.3 Å². The summed E-state index contributed by atoms with van der Waals surface area (Å²) in [4.78, 5) is 14.7. The molecule has 1 aromatic rings. The topological polar surface area (TPSA) is 50.8 Å². The molecule has 2 saturated carbocycles. The molecule has 2 unspecified atom stereocenters. The second-order valence-corrected chi connectivity index (χ2v) is 6.95. The lowest BCUT2D eigenvalue weighted by molar-refractivity contribution is 0.0289. The molecule has 5 rings (SSSR count). The van der Waals surface area contributed by atoms with Crippen LogP contribution in [0.3, 0.4) is 0 Å². The maximum Gasteiger partial charge on any atom is 0.322 e. The zero-order chi connectivity index (χ0) is 14.7. The molecule has 4 aliphatic rings. The third-order valence-electron chi connectivity index (χ3n) is 5.44. The van der Waals surface area contributed by atoms with Crippen molar-refractivity contribution in [1.29, 1.82) is 0 Å². The fourth-order valence-electron chi connectivity index (χ4n) is 3.98. The molecule has 2 aliphatic heterocycles. The van der Waals surface area contributed by atoms with E-state index in [1.54, 1.807) is 0 Å². The summed E-state index contributed by atoms with van der Waals surface area (Å²) in [6.45, 7) is 1.14. The van der Waals surface area contributed by atoms with Crippen molar-refractivity contribution in [3.63, 3.8) is 0 Å². The van der Waals surface area contributed by atoms with E-state index < -0.39 is 0 Å². The first kappa shape index (κ1) is 12.6. The average Bonchev–Trinajstić information content (AvgIpc) is 3.39. The molecule has 0 bridgehead atoms. The van der Waals surface area contributed by atoms with Gasteiger partial charge in [0.1, 0.15) is 0 Å². The molecule has 2 aliphatic carbocycles. The maximum absolute atomic E-state index is 12.6. The van der Waals surface area contributed by atoms with Crippen LogP contribution < -0.4 is 14.8 Å². The summed E-state index contributed by atoms with van der Waals surface area (Å²) < 4.78 is 10.8. The molecule has 3 fully saturated rings. The van der Waals surface area contributed by atoms with E-state index in [1.165, 1.54) is 25.7 Å². The van der Waals surface area contributed by atoms with Gasteiger partial charge in [-0.1, -0.05) is 6.07 Å². The Morgan fingerprint density at radius 3 is 2.73 bits per heavy atom. The number of benzene rings is 1. The first-order valence-electron chi connectivity index (χ1n) is 8.27. The van der Waals surface area contributed by atoms with Gasteiger partial charge in [-0.05, 0) is 49.7 Å². The van der Waals surface area contributed by atoms with E-state index in [-0.39, 0.29) is 12.8 Å². The van der Waals surface area contributed by atoms with Crippen molar-refractivity contribution in [2.75, 3.05) is 18.7 Å². The number of anilines is 1. The van der Waals surface area contributed by atoms with Gasteiger partial charge in [-0.3, -0.25) is 0 Å². The lowest BCUT2D eigenvalue weighted by atomic mass is 9.81. The third-order valence-corrected chi connectivity index (χ3v) is 5.44. The molecule has 5 nitrogen and oxygen atoms in total. The highest BCUT2D eigenvalue weighted by Crippen LogP contribution is 2.52. The molecule has 2 amide bonds. The van der Waals surface area contributed by atoms with Crippen LogP contribution >= 0.6 is 0 Å². The number of likely N-dealkylation sites (tertiary alicyclic amines) is 1. The monoisotopic (exact) mass is 300 g/mol. The van der Waals surface area contributed by atoms with Crippen LogP contribution in [-0.4, -0.2) is 30.3 Å². The van der Waals surface area contributed by atoms with E-state index in [2.05, 4.69) is 5.32 Å². The van der Waals surface area contributed by atoms with Gasteiger partial charge >= 0.3 is 6.03 Å². The number of para-hydroxylation sites is 1. The van der Waals surface area contributed by atoms with Gasteiger partial charge < -0.3 is 19.7 Å². The van der Waals surface area contributed by atoms with Crippen LogP contribution in [0.1, 0.15) is 25.7 Å². The molecule has 2 heterocycles. The highest BCUT2D eigenvalue weighted by Gasteiger charge is 2.54. The van der Waals surface area contributed by atoms with Gasteiger partial charge in [0.25, 0.3) is 0 Å². The van der Waals surface area contributed by atoms with Gasteiger partial charge in [0, 0.05) is 18.5 Å². The van der Waals surface area contributed by atoms with Crippen molar-refractivity contribution in [3.8, 4) is 11.5 Å². The normalized spacial score (nSPS) is 29.2. The fraction of sp³-hybridized carbons (Fsp3) is 0.588. The number of amides is 2. The van der Waals surface area contributed by atoms with Crippen LogP contribution in [0, 0.1) is 17.8 Å². The van der Waals surface area contributed by atoms with Crippen molar-refractivity contribution in [2.24, 2.45) is 17.8 Å². The number of hydrogen-bond acceptors (Lipinski definition) is 3. The second-order valence-electron chi connectivity index (χ2n) is 6.95. The van der Waals surface area contributed by atoms with Crippen LogP contribution in [0.2, 0.25) is 0 Å². The van der Waals surface area contributed by atoms with Crippen molar-refractivity contribution < 1.29 is 14.3 Å². The van der Waals surface area contributed by atoms with Gasteiger partial charge in [-0.25, -0.2) is 4.79 Å². The smallest absolute Gasteiger partial charge is 0.322 e. The number of nitrogens with one attached hydrogen (secondary N) is 1. The molecule has 0 spiro atoms. The van der Waals surface area contributed by atoms with E-state index in [9.17, 15) is 4.79 Å². The van der Waals surface area contributed by atoms with Crippen LogP contribution in [-0.2, 0) is 0 Å². The van der Waals surface area contributed by atoms with Gasteiger partial charge in [0.05, 0.1) is 5.69 Å². The minimum absolute atomic E-state index is 0.0118. The zero-order valence-corrected chi connectivity index (χ0v) is 12.5. The zero-order valence-electron chi connectivity index (χ0n) is 12.5. The lowest BCUT2D eigenvalue weighted by Gasteiger charge is -2.49. The van der Waals surface area contributed by atoms with Crippen molar-refractivity contribution in [1.82, 2.24) is 4.90 Å². The number of carbonyl (C=O) groups is 1. The van der Waals surface area contributed by atoms with E-state index in [4.69, 9.17) is 9.47 Å². The molecule has 1 saturated heterocycles. The Kier molecular flexibility index (Phi) is 2.60. The van der Waals surface area contributed by atoms with Crippen molar-refractivity contribution >= 4 is 11.7 Å². The van der Waals surface area contributed by atoms with Gasteiger partial charge in [-0.2, -0.15) is 0 Å². The Morgan fingerprint density at radius 2 is 1.95 bits per heavy atom. The fourth-order valence-corrected chi connectivity index (χ4v) is 3.98. The maximum atomic E-state index is 12.6. The van der Waals surface area contributed by atoms with E-state index in [0.29, 0.717) is 23.2 Å². The van der Waals surface area contributed by atoms with Crippen LogP contribution in [0.5, 0.6) is 11.5 Å². The van der Waals surface area contributed by atoms with E-state index in [1.807, 2.05) is 23.1 Å². The highest BCUT2D eigenvalue weighted by atomic mass is 16.7. The lowest BCUT2D eigenvalue weighted by Crippen LogP contribution is -2.61. The Hall–Kier alpha value is -1.91. The standard InChI is InChI=1S/C17H20N2O3/c20-17(18-13-2-1-3-14-16(13)22-9-21-14)19-8-12(10-4-5-10)15(19)11-6-7-11/h1-3,10-12,15H,4-9H2,(H,18,20). The Labute approximate surface area is 129 Å².